The highest BCUT2D eigenvalue weighted by atomic mass is 16.5. The average Bonchev–Trinajstić information content (AvgIpc) is 3.41. The van der Waals surface area contributed by atoms with Crippen molar-refractivity contribution in [2.75, 3.05) is 57.2 Å². The number of benzene rings is 3. The van der Waals surface area contributed by atoms with E-state index >= 15 is 0 Å². The van der Waals surface area contributed by atoms with Crippen molar-refractivity contribution >= 4 is 11.4 Å². The Labute approximate surface area is 219 Å². The summed E-state index contributed by atoms with van der Waals surface area (Å²) in [6.07, 6.45) is 0.882. The Morgan fingerprint density at radius 3 is 2.27 bits per heavy atom. The third-order valence-electron chi connectivity index (χ3n) is 7.09. The van der Waals surface area contributed by atoms with Gasteiger partial charge in [0.2, 0.25) is 0 Å². The Morgan fingerprint density at radius 2 is 1.57 bits per heavy atom. The van der Waals surface area contributed by atoms with Gasteiger partial charge in [0.25, 0.3) is 0 Å². The van der Waals surface area contributed by atoms with Crippen LogP contribution in [0, 0.1) is 0 Å². The summed E-state index contributed by atoms with van der Waals surface area (Å²) in [4.78, 5) is 7.02. The lowest BCUT2D eigenvalue weighted by atomic mass is 10.0. The number of hydrogen-bond donors (Lipinski definition) is 0. The first-order valence-corrected chi connectivity index (χ1v) is 12.8. The van der Waals surface area contributed by atoms with E-state index in [2.05, 4.69) is 105 Å². The lowest BCUT2D eigenvalue weighted by Gasteiger charge is -2.40. The Balaban J connectivity index is 1.40. The van der Waals surface area contributed by atoms with Gasteiger partial charge in [-0.3, -0.25) is 4.90 Å². The number of anilines is 2. The molecule has 4 aromatic rings. The van der Waals surface area contributed by atoms with E-state index in [1.54, 1.807) is 7.11 Å². The zero-order chi connectivity index (χ0) is 25.6. The fraction of sp³-hybridized carbons (Fsp3) is 0.345. The molecule has 1 aromatic heterocycles. The minimum absolute atomic E-state index is 0.0261. The van der Waals surface area contributed by atoms with Gasteiger partial charge >= 0.3 is 0 Å². The van der Waals surface area contributed by atoms with Crippen LogP contribution in [0.5, 0.6) is 5.75 Å². The van der Waals surface area contributed by atoms with Crippen LogP contribution in [0.3, 0.4) is 0 Å². The molecule has 5 rings (SSSR count). The van der Waals surface area contributed by atoms with Crippen molar-refractivity contribution in [1.82, 2.24) is 25.1 Å². The number of tetrazole rings is 1. The largest absolute Gasteiger partial charge is 0.495 e. The summed E-state index contributed by atoms with van der Waals surface area (Å²) in [5, 5.41) is 13.1. The summed E-state index contributed by atoms with van der Waals surface area (Å²) in [6, 6.07) is 27.5. The van der Waals surface area contributed by atoms with Crippen LogP contribution in [0.4, 0.5) is 11.4 Å². The molecular formula is C29H35N7O. The van der Waals surface area contributed by atoms with E-state index in [1.165, 1.54) is 16.8 Å². The lowest BCUT2D eigenvalue weighted by molar-refractivity contribution is 0.200. The number of aromatic nitrogens is 4. The van der Waals surface area contributed by atoms with Crippen molar-refractivity contribution in [1.29, 1.82) is 0 Å². The van der Waals surface area contributed by atoms with E-state index in [0.29, 0.717) is 0 Å². The second-order valence-corrected chi connectivity index (χ2v) is 9.58. The molecule has 2 heterocycles. The van der Waals surface area contributed by atoms with Gasteiger partial charge in [-0.2, -0.15) is 0 Å². The molecule has 0 N–H and O–H groups in total. The minimum atomic E-state index is -0.0261. The van der Waals surface area contributed by atoms with E-state index in [4.69, 9.17) is 4.74 Å². The van der Waals surface area contributed by atoms with Crippen LogP contribution in [-0.4, -0.2) is 72.5 Å². The van der Waals surface area contributed by atoms with Gasteiger partial charge in [0.05, 0.1) is 18.8 Å². The number of para-hydroxylation sites is 2. The zero-order valence-electron chi connectivity index (χ0n) is 21.9. The van der Waals surface area contributed by atoms with Gasteiger partial charge in [-0.05, 0) is 52.2 Å². The Morgan fingerprint density at radius 1 is 0.865 bits per heavy atom. The molecule has 8 heteroatoms. The number of aryl methyl sites for hydroxylation is 2. The van der Waals surface area contributed by atoms with E-state index in [1.807, 2.05) is 22.9 Å². The normalized spacial score (nSPS) is 14.9. The van der Waals surface area contributed by atoms with Crippen molar-refractivity contribution in [3.63, 3.8) is 0 Å². The molecule has 0 saturated carbocycles. The van der Waals surface area contributed by atoms with Crippen molar-refractivity contribution in [3.8, 4) is 5.75 Å². The molecule has 0 unspecified atom stereocenters. The van der Waals surface area contributed by atoms with E-state index in [9.17, 15) is 0 Å². The van der Waals surface area contributed by atoms with Crippen LogP contribution in [-0.2, 0) is 13.0 Å². The molecule has 1 fully saturated rings. The second-order valence-electron chi connectivity index (χ2n) is 9.58. The fourth-order valence-electron chi connectivity index (χ4n) is 5.04. The number of nitrogens with zero attached hydrogens (tertiary/aromatic N) is 7. The molecule has 0 amide bonds. The molecule has 0 radical (unpaired) electrons. The molecule has 0 aliphatic carbocycles. The first-order chi connectivity index (χ1) is 18.1. The molecular weight excluding hydrogens is 462 g/mol. The van der Waals surface area contributed by atoms with Gasteiger partial charge in [-0.1, -0.05) is 54.6 Å². The predicted molar refractivity (Wildman–Crippen MR) is 147 cm³/mol. The van der Waals surface area contributed by atoms with Crippen molar-refractivity contribution in [2.24, 2.45) is 0 Å². The number of hydrogen-bond acceptors (Lipinski definition) is 7. The van der Waals surface area contributed by atoms with Gasteiger partial charge in [-0.25, -0.2) is 4.68 Å². The molecule has 37 heavy (non-hydrogen) atoms. The number of ether oxygens (including phenoxy) is 1. The summed E-state index contributed by atoms with van der Waals surface area (Å²) in [5.41, 5.74) is 4.80. The fourth-order valence-corrected chi connectivity index (χ4v) is 5.04. The number of piperazine rings is 1. The summed E-state index contributed by atoms with van der Waals surface area (Å²) < 4.78 is 7.60. The van der Waals surface area contributed by atoms with Gasteiger partial charge in [-0.15, -0.1) is 5.10 Å². The highest BCUT2D eigenvalue weighted by molar-refractivity contribution is 5.58. The molecule has 1 saturated heterocycles. The third-order valence-corrected chi connectivity index (χ3v) is 7.09. The highest BCUT2D eigenvalue weighted by Gasteiger charge is 2.31. The Bertz CT molecular complexity index is 1260. The smallest absolute Gasteiger partial charge is 0.173 e. The molecule has 192 valence electrons. The van der Waals surface area contributed by atoms with Gasteiger partial charge in [0, 0.05) is 52.5 Å². The first-order valence-electron chi connectivity index (χ1n) is 12.8. The Hall–Kier alpha value is -3.91. The van der Waals surface area contributed by atoms with Crippen LogP contribution in [0.15, 0.2) is 78.9 Å². The maximum absolute atomic E-state index is 5.62. The van der Waals surface area contributed by atoms with Gasteiger partial charge in [0.15, 0.2) is 5.82 Å². The van der Waals surface area contributed by atoms with Crippen LogP contribution < -0.4 is 14.5 Å². The van der Waals surface area contributed by atoms with E-state index in [-0.39, 0.29) is 6.04 Å². The standard InChI is InChI=1S/C29H35N7O/c1-33(2)25-15-13-24(14-16-25)28(29-30-31-32-36(29)18-17-23-9-5-4-6-10-23)35-21-19-34(20-22-35)26-11-7-8-12-27(26)37-3/h4-16,28H,17-22H2,1-3H3/t28-/m1/s1. The van der Waals surface area contributed by atoms with Crippen LogP contribution in [0.1, 0.15) is 23.0 Å². The van der Waals surface area contributed by atoms with E-state index < -0.39 is 0 Å². The van der Waals surface area contributed by atoms with Crippen molar-refractivity contribution in [2.45, 2.75) is 19.0 Å². The summed E-state index contributed by atoms with van der Waals surface area (Å²) in [5.74, 6) is 1.80. The molecule has 1 aliphatic heterocycles. The van der Waals surface area contributed by atoms with Gasteiger partial charge in [0.1, 0.15) is 5.75 Å². The monoisotopic (exact) mass is 497 g/mol. The Kier molecular flexibility index (Phi) is 7.65. The molecule has 8 nitrogen and oxygen atoms in total. The number of methoxy groups -OCH3 is 1. The topological polar surface area (TPSA) is 62.6 Å². The first kappa shape index (κ1) is 24.8. The lowest BCUT2D eigenvalue weighted by Crippen LogP contribution is -2.48. The van der Waals surface area contributed by atoms with Crippen molar-refractivity contribution in [3.05, 3.63) is 95.8 Å². The summed E-state index contributed by atoms with van der Waals surface area (Å²) in [7, 11) is 5.86. The maximum atomic E-state index is 5.62. The third kappa shape index (κ3) is 5.59. The zero-order valence-corrected chi connectivity index (χ0v) is 21.9. The van der Waals surface area contributed by atoms with Crippen LogP contribution >= 0.6 is 0 Å². The SMILES string of the molecule is COc1ccccc1N1CCN([C@H](c2ccc(N(C)C)cc2)c2nnnn2CCc2ccccc2)CC1. The highest BCUT2D eigenvalue weighted by Crippen LogP contribution is 2.33. The van der Waals surface area contributed by atoms with Crippen LogP contribution in [0.2, 0.25) is 0 Å². The quantitative estimate of drug-likeness (QED) is 0.348. The second kappa shape index (κ2) is 11.4. The molecule has 1 aliphatic rings. The molecule has 1 atom stereocenters. The average molecular weight is 498 g/mol. The molecule has 0 bridgehead atoms. The van der Waals surface area contributed by atoms with Crippen molar-refractivity contribution < 1.29 is 4.74 Å². The molecule has 3 aromatic carbocycles. The minimum Gasteiger partial charge on any atom is -0.495 e. The number of rotatable bonds is 9. The predicted octanol–water partition coefficient (Wildman–Crippen LogP) is 3.90. The van der Waals surface area contributed by atoms with Crippen LogP contribution in [0.25, 0.3) is 0 Å². The summed E-state index contributed by atoms with van der Waals surface area (Å²) >= 11 is 0. The summed E-state index contributed by atoms with van der Waals surface area (Å²) in [6.45, 7) is 4.32. The van der Waals surface area contributed by atoms with Gasteiger partial charge < -0.3 is 14.5 Å². The van der Waals surface area contributed by atoms with E-state index in [0.717, 1.165) is 56.4 Å². The maximum Gasteiger partial charge on any atom is 0.173 e. The molecule has 0 spiro atoms.